The van der Waals surface area contributed by atoms with Crippen molar-refractivity contribution in [1.29, 1.82) is 0 Å². The third kappa shape index (κ3) is 5.92. The molecule has 1 aliphatic heterocycles. The van der Waals surface area contributed by atoms with E-state index in [1.165, 1.54) is 6.07 Å². The largest absolute Gasteiger partial charge is 0.490 e. The zero-order valence-corrected chi connectivity index (χ0v) is 17.4. The van der Waals surface area contributed by atoms with Gasteiger partial charge in [0.1, 0.15) is 18.2 Å². The first-order valence-corrected chi connectivity index (χ1v) is 10.6. The molecule has 2 heterocycles. The number of carbonyl (C=O) groups is 1. The molecule has 1 N–H and O–H groups in total. The smallest absolute Gasteiger partial charge is 0.228 e. The molecule has 7 heteroatoms. The highest BCUT2D eigenvalue weighted by Crippen LogP contribution is 2.26. The van der Waals surface area contributed by atoms with Crippen LogP contribution in [0, 0.1) is 11.7 Å². The minimum absolute atomic E-state index is 0.00500. The summed E-state index contributed by atoms with van der Waals surface area (Å²) in [5.41, 5.74) is 1.61. The van der Waals surface area contributed by atoms with Crippen molar-refractivity contribution in [1.82, 2.24) is 14.5 Å². The summed E-state index contributed by atoms with van der Waals surface area (Å²) in [6.45, 7) is 3.38. The molecule has 0 radical (unpaired) electrons. The second kappa shape index (κ2) is 10.2. The maximum atomic E-state index is 13.5. The lowest BCUT2D eigenvalue weighted by atomic mass is 9.96. The molecule has 2 aromatic carbocycles. The van der Waals surface area contributed by atoms with Crippen molar-refractivity contribution in [2.75, 3.05) is 25.0 Å². The first-order chi connectivity index (χ1) is 15.2. The van der Waals surface area contributed by atoms with Crippen LogP contribution in [0.15, 0.2) is 67.3 Å². The summed E-state index contributed by atoms with van der Waals surface area (Å²) < 4.78 is 21.3. The van der Waals surface area contributed by atoms with Crippen molar-refractivity contribution in [2.24, 2.45) is 5.92 Å². The number of para-hydroxylation sites is 2. The zero-order valence-electron chi connectivity index (χ0n) is 17.4. The number of benzene rings is 2. The molecular formula is C24H27FN4O2. The fraction of sp³-hybridized carbons (Fsp3) is 0.333. The molecule has 1 aliphatic rings. The van der Waals surface area contributed by atoms with Crippen LogP contribution in [-0.2, 0) is 17.9 Å². The molecule has 1 amide bonds. The minimum Gasteiger partial charge on any atom is -0.490 e. The van der Waals surface area contributed by atoms with E-state index >= 15 is 0 Å². The summed E-state index contributed by atoms with van der Waals surface area (Å²) in [7, 11) is 0. The van der Waals surface area contributed by atoms with E-state index < -0.39 is 0 Å². The number of anilines is 1. The van der Waals surface area contributed by atoms with Crippen LogP contribution in [0.1, 0.15) is 18.4 Å². The summed E-state index contributed by atoms with van der Waals surface area (Å²) in [6.07, 6.45) is 7.15. The van der Waals surface area contributed by atoms with E-state index in [-0.39, 0.29) is 17.6 Å². The number of piperidine rings is 1. The lowest BCUT2D eigenvalue weighted by molar-refractivity contribution is -0.121. The van der Waals surface area contributed by atoms with Crippen LogP contribution < -0.4 is 10.1 Å². The van der Waals surface area contributed by atoms with E-state index in [2.05, 4.69) is 15.2 Å². The lowest BCUT2D eigenvalue weighted by Gasteiger charge is -2.32. The summed E-state index contributed by atoms with van der Waals surface area (Å²) in [6, 6.07) is 14.1. The van der Waals surface area contributed by atoms with Crippen molar-refractivity contribution in [3.63, 3.8) is 0 Å². The Morgan fingerprint density at radius 1 is 1.23 bits per heavy atom. The zero-order chi connectivity index (χ0) is 21.5. The number of nitrogens with one attached hydrogen (secondary N) is 1. The highest BCUT2D eigenvalue weighted by Gasteiger charge is 2.26. The van der Waals surface area contributed by atoms with Crippen LogP contribution in [0.2, 0.25) is 0 Å². The number of nitrogens with zero attached hydrogens (tertiary/aromatic N) is 3. The Balaban J connectivity index is 1.33. The molecule has 4 rings (SSSR count). The first kappa shape index (κ1) is 21.1. The van der Waals surface area contributed by atoms with Crippen LogP contribution in [0.5, 0.6) is 5.75 Å². The number of carbonyl (C=O) groups excluding carboxylic acids is 1. The standard InChI is InChI=1S/C24H27FN4O2/c25-21-7-3-5-19(15-21)16-29-11-4-6-20(17-29)24(30)27-22-8-1-2-9-23(22)31-14-13-28-12-10-26-18-28/h1-3,5,7-10,12,15,18,20H,4,6,11,13-14,16-17H2,(H,27,30). The second-order valence-corrected chi connectivity index (χ2v) is 7.84. The van der Waals surface area contributed by atoms with Crippen LogP contribution in [0.25, 0.3) is 0 Å². The number of rotatable bonds is 8. The van der Waals surface area contributed by atoms with Crippen LogP contribution in [0.4, 0.5) is 10.1 Å². The normalized spacial score (nSPS) is 16.7. The second-order valence-electron chi connectivity index (χ2n) is 7.84. The van der Waals surface area contributed by atoms with Crippen molar-refractivity contribution in [2.45, 2.75) is 25.9 Å². The van der Waals surface area contributed by atoms with Gasteiger partial charge in [-0.05, 0) is 49.2 Å². The van der Waals surface area contributed by atoms with Crippen LogP contribution in [0.3, 0.4) is 0 Å². The third-order valence-corrected chi connectivity index (χ3v) is 5.48. The Bertz CT molecular complexity index is 993. The van der Waals surface area contributed by atoms with Gasteiger partial charge in [-0.15, -0.1) is 0 Å². The van der Waals surface area contributed by atoms with Gasteiger partial charge in [-0.25, -0.2) is 9.37 Å². The van der Waals surface area contributed by atoms with Gasteiger partial charge < -0.3 is 14.6 Å². The number of ether oxygens (including phenoxy) is 1. The van der Waals surface area contributed by atoms with E-state index in [4.69, 9.17) is 4.74 Å². The highest BCUT2D eigenvalue weighted by molar-refractivity contribution is 5.94. The number of likely N-dealkylation sites (tertiary alicyclic amines) is 1. The quantitative estimate of drug-likeness (QED) is 0.597. The minimum atomic E-state index is -0.228. The van der Waals surface area contributed by atoms with E-state index in [1.54, 1.807) is 24.7 Å². The average molecular weight is 423 g/mol. The maximum Gasteiger partial charge on any atom is 0.228 e. The number of aromatic nitrogens is 2. The molecule has 1 aromatic heterocycles. The van der Waals surface area contributed by atoms with E-state index in [9.17, 15) is 9.18 Å². The van der Waals surface area contributed by atoms with E-state index in [0.717, 1.165) is 24.9 Å². The van der Waals surface area contributed by atoms with Gasteiger partial charge in [0.25, 0.3) is 0 Å². The molecule has 3 aromatic rings. The van der Waals surface area contributed by atoms with Crippen molar-refractivity contribution < 1.29 is 13.9 Å². The number of hydrogen-bond donors (Lipinski definition) is 1. The van der Waals surface area contributed by atoms with E-state index in [0.29, 0.717) is 37.7 Å². The van der Waals surface area contributed by atoms with Gasteiger partial charge in [-0.2, -0.15) is 0 Å². The summed E-state index contributed by atoms with van der Waals surface area (Å²) in [5, 5.41) is 3.05. The Kier molecular flexibility index (Phi) is 6.94. The maximum absolute atomic E-state index is 13.5. The van der Waals surface area contributed by atoms with Crippen molar-refractivity contribution in [3.05, 3.63) is 78.6 Å². The summed E-state index contributed by atoms with van der Waals surface area (Å²) in [4.78, 5) is 19.2. The van der Waals surface area contributed by atoms with Gasteiger partial charge in [0.2, 0.25) is 5.91 Å². The number of hydrogen-bond acceptors (Lipinski definition) is 4. The molecule has 31 heavy (non-hydrogen) atoms. The Hall–Kier alpha value is -3.19. The molecule has 162 valence electrons. The topological polar surface area (TPSA) is 59.4 Å². The van der Waals surface area contributed by atoms with Gasteiger partial charge in [0.15, 0.2) is 0 Å². The Morgan fingerprint density at radius 2 is 2.13 bits per heavy atom. The van der Waals surface area contributed by atoms with Crippen molar-refractivity contribution in [3.8, 4) is 5.75 Å². The number of imidazole rings is 1. The molecule has 1 fully saturated rings. The predicted octanol–water partition coefficient (Wildman–Crippen LogP) is 3.95. The first-order valence-electron chi connectivity index (χ1n) is 10.6. The fourth-order valence-electron chi connectivity index (χ4n) is 3.92. The summed E-state index contributed by atoms with van der Waals surface area (Å²) in [5.74, 6) is 0.313. The Morgan fingerprint density at radius 3 is 2.97 bits per heavy atom. The molecule has 1 saturated heterocycles. The lowest BCUT2D eigenvalue weighted by Crippen LogP contribution is -2.40. The van der Waals surface area contributed by atoms with Gasteiger partial charge >= 0.3 is 0 Å². The predicted molar refractivity (Wildman–Crippen MR) is 117 cm³/mol. The molecule has 0 bridgehead atoms. The number of halogens is 1. The monoisotopic (exact) mass is 422 g/mol. The average Bonchev–Trinajstić information content (AvgIpc) is 3.29. The molecule has 1 unspecified atom stereocenters. The Labute approximate surface area is 181 Å². The SMILES string of the molecule is O=C(Nc1ccccc1OCCn1ccnc1)C1CCCN(Cc2cccc(F)c2)C1. The number of amides is 1. The van der Waals surface area contributed by atoms with Gasteiger partial charge in [-0.3, -0.25) is 9.69 Å². The third-order valence-electron chi connectivity index (χ3n) is 5.48. The van der Waals surface area contributed by atoms with Gasteiger partial charge in [0.05, 0.1) is 24.5 Å². The molecule has 0 saturated carbocycles. The van der Waals surface area contributed by atoms with Crippen LogP contribution in [-0.4, -0.2) is 40.1 Å². The molecule has 0 aliphatic carbocycles. The van der Waals surface area contributed by atoms with E-state index in [1.807, 2.05) is 41.1 Å². The highest BCUT2D eigenvalue weighted by atomic mass is 19.1. The molecule has 1 atom stereocenters. The van der Waals surface area contributed by atoms with Crippen LogP contribution >= 0.6 is 0 Å². The molecule has 6 nitrogen and oxygen atoms in total. The molecular weight excluding hydrogens is 395 g/mol. The fourth-order valence-corrected chi connectivity index (χ4v) is 3.92. The molecule has 0 spiro atoms. The van der Waals surface area contributed by atoms with Gasteiger partial charge in [0, 0.05) is 25.5 Å². The van der Waals surface area contributed by atoms with Crippen molar-refractivity contribution >= 4 is 11.6 Å². The van der Waals surface area contributed by atoms with Gasteiger partial charge in [-0.1, -0.05) is 24.3 Å². The summed E-state index contributed by atoms with van der Waals surface area (Å²) >= 11 is 0.